The minimum absolute atomic E-state index is 0.0738. The van der Waals surface area contributed by atoms with Crippen molar-refractivity contribution in [1.82, 2.24) is 15.1 Å². The number of nitrogens with one attached hydrogen (secondary N) is 2. The van der Waals surface area contributed by atoms with Crippen LogP contribution in [-0.2, 0) is 20.8 Å². The first-order valence-electron chi connectivity index (χ1n) is 12.1. The SMILES string of the molecule is CCc1ccc(NC(=O)C[C@@H]2C(=O)NCCN2C(=O)CN2CCN(c3cccc(Cl)c3)CC2)cc1. The molecule has 2 aliphatic heterocycles. The Morgan fingerprint density at radius 3 is 2.49 bits per heavy atom. The Morgan fingerprint density at radius 1 is 1.06 bits per heavy atom. The van der Waals surface area contributed by atoms with Gasteiger partial charge in [0.1, 0.15) is 6.04 Å². The molecule has 2 aromatic carbocycles. The van der Waals surface area contributed by atoms with Crippen LogP contribution in [0.3, 0.4) is 0 Å². The largest absolute Gasteiger partial charge is 0.369 e. The zero-order valence-electron chi connectivity index (χ0n) is 20.0. The van der Waals surface area contributed by atoms with E-state index in [4.69, 9.17) is 11.6 Å². The lowest BCUT2D eigenvalue weighted by atomic mass is 10.1. The first-order chi connectivity index (χ1) is 16.9. The van der Waals surface area contributed by atoms with Gasteiger partial charge in [-0.2, -0.15) is 0 Å². The molecule has 2 heterocycles. The average Bonchev–Trinajstić information content (AvgIpc) is 2.86. The van der Waals surface area contributed by atoms with Crippen LogP contribution in [0.4, 0.5) is 11.4 Å². The third-order valence-corrected chi connectivity index (χ3v) is 6.82. The smallest absolute Gasteiger partial charge is 0.243 e. The highest BCUT2D eigenvalue weighted by Gasteiger charge is 2.35. The van der Waals surface area contributed by atoms with Crippen LogP contribution in [0.5, 0.6) is 0 Å². The van der Waals surface area contributed by atoms with E-state index in [0.29, 0.717) is 23.8 Å². The molecule has 2 fully saturated rings. The second kappa shape index (κ2) is 11.6. The van der Waals surface area contributed by atoms with Crippen LogP contribution in [0.25, 0.3) is 0 Å². The van der Waals surface area contributed by atoms with Crippen LogP contribution < -0.4 is 15.5 Å². The summed E-state index contributed by atoms with van der Waals surface area (Å²) in [6, 6.07) is 14.6. The third kappa shape index (κ3) is 6.52. The van der Waals surface area contributed by atoms with Gasteiger partial charge in [0.05, 0.1) is 13.0 Å². The molecule has 3 amide bonds. The van der Waals surface area contributed by atoms with Crippen LogP contribution >= 0.6 is 11.6 Å². The molecule has 0 spiro atoms. The number of hydrogen-bond acceptors (Lipinski definition) is 5. The van der Waals surface area contributed by atoms with Gasteiger partial charge in [0.2, 0.25) is 17.7 Å². The van der Waals surface area contributed by atoms with Crippen molar-refractivity contribution in [2.75, 3.05) is 56.0 Å². The molecular weight excluding hydrogens is 466 g/mol. The van der Waals surface area contributed by atoms with Crippen LogP contribution in [0, 0.1) is 0 Å². The van der Waals surface area contributed by atoms with E-state index in [0.717, 1.165) is 38.3 Å². The summed E-state index contributed by atoms with van der Waals surface area (Å²) in [5, 5.41) is 6.34. The molecule has 35 heavy (non-hydrogen) atoms. The number of benzene rings is 2. The van der Waals surface area contributed by atoms with Crippen molar-refractivity contribution in [3.63, 3.8) is 0 Å². The van der Waals surface area contributed by atoms with E-state index in [-0.39, 0.29) is 30.7 Å². The van der Waals surface area contributed by atoms with Gasteiger partial charge in [-0.15, -0.1) is 0 Å². The highest BCUT2D eigenvalue weighted by molar-refractivity contribution is 6.30. The summed E-state index contributed by atoms with van der Waals surface area (Å²) in [6.45, 7) is 6.13. The molecular formula is C26H32ClN5O3. The van der Waals surface area contributed by atoms with Crippen LogP contribution in [-0.4, -0.2) is 79.4 Å². The van der Waals surface area contributed by atoms with Crippen LogP contribution in [0.2, 0.25) is 5.02 Å². The molecule has 2 saturated heterocycles. The van der Waals surface area contributed by atoms with Crippen LogP contribution in [0.15, 0.2) is 48.5 Å². The fraction of sp³-hybridized carbons (Fsp3) is 0.423. The van der Waals surface area contributed by atoms with Gasteiger partial charge < -0.3 is 20.4 Å². The minimum atomic E-state index is -0.807. The molecule has 0 saturated carbocycles. The molecule has 4 rings (SSSR count). The predicted octanol–water partition coefficient (Wildman–Crippen LogP) is 2.38. The van der Waals surface area contributed by atoms with Gasteiger partial charge in [0, 0.05) is 55.7 Å². The number of aryl methyl sites for hydroxylation is 1. The van der Waals surface area contributed by atoms with Crippen molar-refractivity contribution in [2.24, 2.45) is 0 Å². The van der Waals surface area contributed by atoms with Gasteiger partial charge in [-0.25, -0.2) is 0 Å². The number of carbonyl (C=O) groups is 3. The number of halogens is 1. The molecule has 0 aliphatic carbocycles. The molecule has 0 aromatic heterocycles. The van der Waals surface area contributed by atoms with Crippen molar-refractivity contribution in [2.45, 2.75) is 25.8 Å². The molecule has 0 radical (unpaired) electrons. The lowest BCUT2D eigenvalue weighted by Crippen LogP contribution is -2.60. The fourth-order valence-electron chi connectivity index (χ4n) is 4.55. The number of nitrogens with zero attached hydrogens (tertiary/aromatic N) is 3. The zero-order chi connectivity index (χ0) is 24.8. The van der Waals surface area contributed by atoms with Crippen molar-refractivity contribution in [1.29, 1.82) is 0 Å². The molecule has 0 unspecified atom stereocenters. The maximum atomic E-state index is 13.2. The number of amides is 3. The number of rotatable bonds is 7. The van der Waals surface area contributed by atoms with E-state index >= 15 is 0 Å². The highest BCUT2D eigenvalue weighted by atomic mass is 35.5. The van der Waals surface area contributed by atoms with Crippen molar-refractivity contribution in [3.8, 4) is 0 Å². The Bertz CT molecular complexity index is 1050. The number of carbonyl (C=O) groups excluding carboxylic acids is 3. The standard InChI is InChI=1S/C26H32ClN5O3/c1-2-19-6-8-21(9-7-19)29-24(33)17-23-26(35)28-10-11-32(23)25(34)18-30-12-14-31(15-13-30)22-5-3-4-20(27)16-22/h3-9,16,23H,2,10-15,17-18H2,1H3,(H,28,35)(H,29,33)/t23-/m1/s1. The first-order valence-corrected chi connectivity index (χ1v) is 12.5. The maximum absolute atomic E-state index is 13.2. The van der Waals surface area contributed by atoms with E-state index in [9.17, 15) is 14.4 Å². The van der Waals surface area contributed by atoms with Gasteiger partial charge in [-0.1, -0.05) is 36.7 Å². The maximum Gasteiger partial charge on any atom is 0.243 e. The fourth-order valence-corrected chi connectivity index (χ4v) is 4.73. The third-order valence-electron chi connectivity index (χ3n) is 6.58. The summed E-state index contributed by atoms with van der Waals surface area (Å²) < 4.78 is 0. The lowest BCUT2D eigenvalue weighted by molar-refractivity contribution is -0.145. The molecule has 2 aliphatic rings. The summed E-state index contributed by atoms with van der Waals surface area (Å²) in [5.41, 5.74) is 2.94. The molecule has 186 valence electrons. The lowest BCUT2D eigenvalue weighted by Gasteiger charge is -2.39. The van der Waals surface area contributed by atoms with Crippen molar-refractivity contribution < 1.29 is 14.4 Å². The van der Waals surface area contributed by atoms with Gasteiger partial charge in [-0.05, 0) is 42.3 Å². The van der Waals surface area contributed by atoms with E-state index in [2.05, 4.69) is 27.4 Å². The molecule has 2 aromatic rings. The minimum Gasteiger partial charge on any atom is -0.369 e. The van der Waals surface area contributed by atoms with Gasteiger partial charge in [-0.3, -0.25) is 19.3 Å². The summed E-state index contributed by atoms with van der Waals surface area (Å²) >= 11 is 6.12. The Morgan fingerprint density at radius 2 is 1.80 bits per heavy atom. The second-order valence-electron chi connectivity index (χ2n) is 8.94. The molecule has 8 nitrogen and oxygen atoms in total. The molecule has 1 atom stereocenters. The van der Waals surface area contributed by atoms with Gasteiger partial charge in [0.25, 0.3) is 0 Å². The summed E-state index contributed by atoms with van der Waals surface area (Å²) in [4.78, 5) is 44.3. The number of hydrogen-bond donors (Lipinski definition) is 2. The number of anilines is 2. The van der Waals surface area contributed by atoms with Crippen LogP contribution in [0.1, 0.15) is 18.9 Å². The summed E-state index contributed by atoms with van der Waals surface area (Å²) in [5.74, 6) is -0.697. The Balaban J connectivity index is 1.31. The summed E-state index contributed by atoms with van der Waals surface area (Å²) in [6.07, 6.45) is 0.846. The monoisotopic (exact) mass is 497 g/mol. The summed E-state index contributed by atoms with van der Waals surface area (Å²) in [7, 11) is 0. The molecule has 9 heteroatoms. The van der Waals surface area contributed by atoms with Crippen molar-refractivity contribution in [3.05, 3.63) is 59.1 Å². The highest BCUT2D eigenvalue weighted by Crippen LogP contribution is 2.21. The Kier molecular flexibility index (Phi) is 8.25. The first kappa shape index (κ1) is 25.0. The van der Waals surface area contributed by atoms with E-state index in [1.807, 2.05) is 48.5 Å². The van der Waals surface area contributed by atoms with E-state index in [1.165, 1.54) is 5.56 Å². The van der Waals surface area contributed by atoms with Gasteiger partial charge >= 0.3 is 0 Å². The van der Waals surface area contributed by atoms with E-state index in [1.54, 1.807) is 4.90 Å². The topological polar surface area (TPSA) is 85.0 Å². The second-order valence-corrected chi connectivity index (χ2v) is 9.38. The zero-order valence-corrected chi connectivity index (χ0v) is 20.8. The molecule has 0 bridgehead atoms. The Hall–Kier alpha value is -3.10. The van der Waals surface area contributed by atoms with Gasteiger partial charge in [0.15, 0.2) is 0 Å². The quantitative estimate of drug-likeness (QED) is 0.613. The average molecular weight is 498 g/mol. The number of piperazine rings is 2. The Labute approximate surface area is 211 Å². The van der Waals surface area contributed by atoms with Crippen molar-refractivity contribution >= 4 is 40.7 Å². The normalized spacial score (nSPS) is 18.8. The molecule has 2 N–H and O–H groups in total. The predicted molar refractivity (Wildman–Crippen MR) is 138 cm³/mol. The van der Waals surface area contributed by atoms with E-state index < -0.39 is 6.04 Å².